The van der Waals surface area contributed by atoms with Gasteiger partial charge in [0.1, 0.15) is 5.75 Å². The third-order valence-electron chi connectivity index (χ3n) is 3.13. The van der Waals surface area contributed by atoms with Gasteiger partial charge in [-0.25, -0.2) is 0 Å². The van der Waals surface area contributed by atoms with Crippen LogP contribution in [0.2, 0.25) is 0 Å². The highest BCUT2D eigenvalue weighted by molar-refractivity contribution is 5.30. The highest BCUT2D eigenvalue weighted by Gasteiger charge is 2.31. The topological polar surface area (TPSA) is 35.2 Å². The van der Waals surface area contributed by atoms with E-state index in [-0.39, 0.29) is 6.10 Å². The Morgan fingerprint density at radius 3 is 2.31 bits per heavy atom. The molecule has 2 heteroatoms. The molecular formula is C14H21NO. The molecule has 1 aromatic carbocycles. The van der Waals surface area contributed by atoms with Crippen LogP contribution in [0.1, 0.15) is 38.2 Å². The van der Waals surface area contributed by atoms with Crippen LogP contribution in [0.5, 0.6) is 5.75 Å². The zero-order valence-corrected chi connectivity index (χ0v) is 10.1. The molecule has 2 N–H and O–H groups in total. The lowest BCUT2D eigenvalue weighted by Gasteiger charge is -2.15. The lowest BCUT2D eigenvalue weighted by molar-refractivity contribution is 0.242. The first kappa shape index (κ1) is 11.5. The summed E-state index contributed by atoms with van der Waals surface area (Å²) in [4.78, 5) is 0. The monoisotopic (exact) mass is 219 g/mol. The molecule has 1 unspecified atom stereocenters. The van der Waals surface area contributed by atoms with E-state index < -0.39 is 0 Å². The van der Waals surface area contributed by atoms with Crippen molar-refractivity contribution in [2.24, 2.45) is 11.7 Å². The molecular weight excluding hydrogens is 198 g/mol. The normalized spacial score (nSPS) is 17.5. The second-order valence-corrected chi connectivity index (χ2v) is 4.92. The summed E-state index contributed by atoms with van der Waals surface area (Å²) < 4.78 is 5.63. The highest BCUT2D eigenvalue weighted by atomic mass is 16.5. The first-order valence-corrected chi connectivity index (χ1v) is 6.17. The summed E-state index contributed by atoms with van der Waals surface area (Å²) in [6.45, 7) is 4.84. The molecule has 0 aliphatic heterocycles. The van der Waals surface area contributed by atoms with E-state index in [0.29, 0.717) is 5.92 Å². The van der Waals surface area contributed by atoms with Crippen LogP contribution < -0.4 is 10.5 Å². The summed E-state index contributed by atoms with van der Waals surface area (Å²) in [5.41, 5.74) is 7.20. The van der Waals surface area contributed by atoms with Crippen LogP contribution in [0, 0.1) is 5.92 Å². The molecule has 1 aliphatic carbocycles. The average molecular weight is 219 g/mol. The molecule has 1 aromatic rings. The molecule has 16 heavy (non-hydrogen) atoms. The maximum atomic E-state index is 5.83. The number of ether oxygens (including phenoxy) is 1. The van der Waals surface area contributed by atoms with Gasteiger partial charge in [-0.2, -0.15) is 0 Å². The second kappa shape index (κ2) is 4.88. The predicted molar refractivity (Wildman–Crippen MR) is 66.7 cm³/mol. The number of hydrogen-bond donors (Lipinski definition) is 1. The Morgan fingerprint density at radius 2 is 1.88 bits per heavy atom. The maximum absolute atomic E-state index is 5.83. The molecule has 1 saturated carbocycles. The van der Waals surface area contributed by atoms with Gasteiger partial charge in [0, 0.05) is 0 Å². The van der Waals surface area contributed by atoms with Crippen LogP contribution in [0.3, 0.4) is 0 Å². The van der Waals surface area contributed by atoms with Crippen LogP contribution in [0.25, 0.3) is 0 Å². The van der Waals surface area contributed by atoms with Gasteiger partial charge >= 0.3 is 0 Å². The van der Waals surface area contributed by atoms with Gasteiger partial charge < -0.3 is 10.5 Å². The Kier molecular flexibility index (Phi) is 3.49. The second-order valence-electron chi connectivity index (χ2n) is 4.92. The average Bonchev–Trinajstić information content (AvgIpc) is 3.05. The third kappa shape index (κ3) is 2.76. The van der Waals surface area contributed by atoms with E-state index in [1.54, 1.807) is 0 Å². The molecule has 1 fully saturated rings. The van der Waals surface area contributed by atoms with Gasteiger partial charge in [-0.3, -0.25) is 0 Å². The Labute approximate surface area is 97.8 Å². The summed E-state index contributed by atoms with van der Waals surface area (Å²) in [5.74, 6) is 2.32. The van der Waals surface area contributed by atoms with E-state index in [1.165, 1.54) is 18.4 Å². The maximum Gasteiger partial charge on any atom is 0.119 e. The van der Waals surface area contributed by atoms with E-state index >= 15 is 0 Å². The van der Waals surface area contributed by atoms with Crippen molar-refractivity contribution in [1.29, 1.82) is 0 Å². The summed E-state index contributed by atoms with van der Waals surface area (Å²) in [5, 5.41) is 0. The fourth-order valence-corrected chi connectivity index (χ4v) is 2.17. The van der Waals surface area contributed by atoms with Crippen LogP contribution in [0.4, 0.5) is 0 Å². The first-order valence-electron chi connectivity index (χ1n) is 6.17. The van der Waals surface area contributed by atoms with Gasteiger partial charge in [-0.1, -0.05) is 12.1 Å². The van der Waals surface area contributed by atoms with E-state index in [2.05, 4.69) is 24.3 Å². The molecule has 1 aliphatic rings. The molecule has 2 nitrogen and oxygen atoms in total. The summed E-state index contributed by atoms with van der Waals surface area (Å²) in [6, 6.07) is 8.43. The lowest BCUT2D eigenvalue weighted by Crippen LogP contribution is -2.14. The zero-order valence-electron chi connectivity index (χ0n) is 10.1. The molecule has 0 aromatic heterocycles. The minimum atomic E-state index is 0.236. The van der Waals surface area contributed by atoms with Crippen LogP contribution in [-0.4, -0.2) is 12.6 Å². The van der Waals surface area contributed by atoms with E-state index in [4.69, 9.17) is 10.5 Å². The lowest BCUT2D eigenvalue weighted by atomic mass is 9.94. The fraction of sp³-hybridized carbons (Fsp3) is 0.571. The smallest absolute Gasteiger partial charge is 0.119 e. The van der Waals surface area contributed by atoms with Crippen LogP contribution >= 0.6 is 0 Å². The zero-order chi connectivity index (χ0) is 11.5. The molecule has 0 radical (unpaired) electrons. The summed E-state index contributed by atoms with van der Waals surface area (Å²) in [7, 11) is 0. The Balaban J connectivity index is 2.05. The number of rotatable bonds is 5. The molecule has 1 atom stereocenters. The van der Waals surface area contributed by atoms with E-state index in [9.17, 15) is 0 Å². The SMILES string of the molecule is CC(C)Oc1ccc(C(CN)C2CC2)cc1. The molecule has 0 spiro atoms. The minimum Gasteiger partial charge on any atom is -0.491 e. The van der Waals surface area contributed by atoms with Gasteiger partial charge in [0.2, 0.25) is 0 Å². The van der Waals surface area contributed by atoms with Crippen molar-refractivity contribution in [3.05, 3.63) is 29.8 Å². The fourth-order valence-electron chi connectivity index (χ4n) is 2.17. The van der Waals surface area contributed by atoms with Crippen molar-refractivity contribution in [3.63, 3.8) is 0 Å². The van der Waals surface area contributed by atoms with Gasteiger partial charge in [-0.15, -0.1) is 0 Å². The van der Waals surface area contributed by atoms with Gasteiger partial charge in [0.25, 0.3) is 0 Å². The minimum absolute atomic E-state index is 0.236. The molecule has 88 valence electrons. The number of benzene rings is 1. The van der Waals surface area contributed by atoms with Crippen molar-refractivity contribution in [3.8, 4) is 5.75 Å². The quantitative estimate of drug-likeness (QED) is 0.826. The first-order chi connectivity index (χ1) is 7.70. The van der Waals surface area contributed by atoms with Crippen LogP contribution in [0.15, 0.2) is 24.3 Å². The standard InChI is InChI=1S/C14H21NO/c1-10(2)16-13-7-5-12(6-8-13)14(9-15)11-3-4-11/h5-8,10-11,14H,3-4,9,15H2,1-2H3. The molecule has 0 heterocycles. The molecule has 0 saturated heterocycles. The van der Waals surface area contributed by atoms with Crippen molar-refractivity contribution >= 4 is 0 Å². The summed E-state index contributed by atoms with van der Waals surface area (Å²) >= 11 is 0. The summed E-state index contributed by atoms with van der Waals surface area (Å²) in [6.07, 6.45) is 2.91. The van der Waals surface area contributed by atoms with Crippen LogP contribution in [-0.2, 0) is 0 Å². The van der Waals surface area contributed by atoms with Crippen molar-refractivity contribution in [2.75, 3.05) is 6.54 Å². The number of hydrogen-bond acceptors (Lipinski definition) is 2. The Morgan fingerprint density at radius 1 is 1.25 bits per heavy atom. The largest absolute Gasteiger partial charge is 0.491 e. The van der Waals surface area contributed by atoms with Crippen molar-refractivity contribution in [2.45, 2.75) is 38.7 Å². The van der Waals surface area contributed by atoms with Crippen molar-refractivity contribution < 1.29 is 4.74 Å². The predicted octanol–water partition coefficient (Wildman–Crippen LogP) is 2.93. The molecule has 0 bridgehead atoms. The van der Waals surface area contributed by atoms with E-state index in [1.807, 2.05) is 13.8 Å². The third-order valence-corrected chi connectivity index (χ3v) is 3.13. The van der Waals surface area contributed by atoms with Gasteiger partial charge in [0.15, 0.2) is 0 Å². The number of nitrogens with two attached hydrogens (primary N) is 1. The van der Waals surface area contributed by atoms with Crippen molar-refractivity contribution in [1.82, 2.24) is 0 Å². The Bertz CT molecular complexity index is 327. The van der Waals surface area contributed by atoms with E-state index in [0.717, 1.165) is 18.2 Å². The van der Waals surface area contributed by atoms with Gasteiger partial charge in [-0.05, 0) is 62.8 Å². The Hall–Kier alpha value is -1.02. The van der Waals surface area contributed by atoms with Gasteiger partial charge in [0.05, 0.1) is 6.10 Å². The molecule has 0 amide bonds. The molecule has 2 rings (SSSR count). The highest BCUT2D eigenvalue weighted by Crippen LogP contribution is 2.42.